The fourth-order valence-corrected chi connectivity index (χ4v) is 2.22. The molecule has 6 nitrogen and oxygen atoms in total. The van der Waals surface area contributed by atoms with Crippen molar-refractivity contribution in [2.45, 2.75) is 38.4 Å². The number of nitrogens with zero attached hydrogens (tertiary/aromatic N) is 2. The van der Waals surface area contributed by atoms with E-state index in [2.05, 4.69) is 4.98 Å². The van der Waals surface area contributed by atoms with E-state index < -0.39 is 17.3 Å². The number of anilines is 1. The van der Waals surface area contributed by atoms with Crippen LogP contribution in [0.1, 0.15) is 26.3 Å². The Morgan fingerprint density at radius 2 is 2.20 bits per heavy atom. The van der Waals surface area contributed by atoms with Gasteiger partial charge in [0, 0.05) is 12.6 Å². The third-order valence-electron chi connectivity index (χ3n) is 3.00. The van der Waals surface area contributed by atoms with Crippen molar-refractivity contribution in [3.63, 3.8) is 0 Å². The van der Waals surface area contributed by atoms with Gasteiger partial charge in [0.05, 0.1) is 13.1 Å². The van der Waals surface area contributed by atoms with Crippen LogP contribution in [0.15, 0.2) is 18.3 Å². The largest absolute Gasteiger partial charge is 0.444 e. The summed E-state index contributed by atoms with van der Waals surface area (Å²) in [5.74, 6) is 0.425. The molecule has 3 N–H and O–H groups in total. The van der Waals surface area contributed by atoms with E-state index in [4.69, 9.17) is 10.5 Å². The number of amides is 1. The maximum absolute atomic E-state index is 11.8. The van der Waals surface area contributed by atoms with Gasteiger partial charge in [-0.1, -0.05) is 0 Å². The van der Waals surface area contributed by atoms with Gasteiger partial charge in [-0.05, 0) is 38.5 Å². The number of nitrogens with two attached hydrogens (primary N) is 1. The Morgan fingerprint density at radius 1 is 1.55 bits per heavy atom. The fraction of sp³-hybridized carbons (Fsp3) is 0.571. The molecule has 2 heterocycles. The third kappa shape index (κ3) is 3.60. The van der Waals surface area contributed by atoms with Gasteiger partial charge in [0.15, 0.2) is 0 Å². The molecule has 1 aromatic rings. The number of pyridine rings is 1. The van der Waals surface area contributed by atoms with Gasteiger partial charge in [0.2, 0.25) is 0 Å². The number of likely N-dealkylation sites (tertiary alicyclic amines) is 1. The summed E-state index contributed by atoms with van der Waals surface area (Å²) < 4.78 is 5.25. The molecule has 0 spiro atoms. The second kappa shape index (κ2) is 4.94. The lowest BCUT2D eigenvalue weighted by atomic mass is 9.87. The van der Waals surface area contributed by atoms with Crippen LogP contribution in [0, 0.1) is 0 Å². The highest BCUT2D eigenvalue weighted by atomic mass is 16.6. The summed E-state index contributed by atoms with van der Waals surface area (Å²) in [6.07, 6.45) is 1.66. The molecule has 0 atom stereocenters. The average Bonchev–Trinajstić information content (AvgIpc) is 2.23. The molecule has 1 aromatic heterocycles. The molecular weight excluding hydrogens is 258 g/mol. The lowest BCUT2D eigenvalue weighted by molar-refractivity contribution is -0.0973. The van der Waals surface area contributed by atoms with E-state index in [1.165, 1.54) is 4.90 Å². The highest BCUT2D eigenvalue weighted by molar-refractivity contribution is 5.69. The molecular formula is C14H21N3O3. The number of carbonyl (C=O) groups excluding carboxylic acids is 1. The molecule has 6 heteroatoms. The first-order valence-electron chi connectivity index (χ1n) is 6.58. The first-order valence-corrected chi connectivity index (χ1v) is 6.58. The maximum Gasteiger partial charge on any atom is 0.410 e. The molecule has 0 aromatic carbocycles. The average molecular weight is 279 g/mol. The van der Waals surface area contributed by atoms with Crippen molar-refractivity contribution in [2.24, 2.45) is 0 Å². The lowest BCUT2D eigenvalue weighted by Crippen LogP contribution is -2.65. The smallest absolute Gasteiger partial charge is 0.410 e. The molecule has 0 radical (unpaired) electrons. The Labute approximate surface area is 118 Å². The van der Waals surface area contributed by atoms with E-state index in [9.17, 15) is 9.90 Å². The van der Waals surface area contributed by atoms with Gasteiger partial charge in [-0.3, -0.25) is 0 Å². The summed E-state index contributed by atoms with van der Waals surface area (Å²) in [5, 5.41) is 10.4. The van der Waals surface area contributed by atoms with Gasteiger partial charge < -0.3 is 20.5 Å². The standard InChI is InChI=1S/C14H21N3O3/c1-13(2,3)20-12(18)17-8-14(19,9-17)7-10-4-5-16-11(15)6-10/h4-6,19H,7-9H2,1-3H3,(H2,15,16). The van der Waals surface area contributed by atoms with Gasteiger partial charge in [-0.2, -0.15) is 0 Å². The van der Waals surface area contributed by atoms with Crippen molar-refractivity contribution >= 4 is 11.9 Å². The Morgan fingerprint density at radius 3 is 2.75 bits per heavy atom. The van der Waals surface area contributed by atoms with Crippen LogP contribution < -0.4 is 5.73 Å². The maximum atomic E-state index is 11.8. The monoisotopic (exact) mass is 279 g/mol. The predicted octanol–water partition coefficient (Wildman–Crippen LogP) is 1.19. The summed E-state index contributed by atoms with van der Waals surface area (Å²) in [4.78, 5) is 17.2. The highest BCUT2D eigenvalue weighted by Gasteiger charge is 2.45. The van der Waals surface area contributed by atoms with Crippen molar-refractivity contribution < 1.29 is 14.6 Å². The number of rotatable bonds is 2. The Hall–Kier alpha value is -1.82. The van der Waals surface area contributed by atoms with Gasteiger partial charge in [0.1, 0.15) is 17.0 Å². The molecule has 0 saturated carbocycles. The third-order valence-corrected chi connectivity index (χ3v) is 3.00. The molecule has 1 aliphatic rings. The van der Waals surface area contributed by atoms with Gasteiger partial charge in [-0.25, -0.2) is 9.78 Å². The first-order chi connectivity index (χ1) is 9.17. The van der Waals surface area contributed by atoms with Crippen LogP contribution in [-0.4, -0.2) is 45.4 Å². The quantitative estimate of drug-likeness (QED) is 0.849. The molecule has 1 aliphatic heterocycles. The zero-order valence-electron chi connectivity index (χ0n) is 12.1. The predicted molar refractivity (Wildman–Crippen MR) is 75.1 cm³/mol. The molecule has 20 heavy (non-hydrogen) atoms. The van der Waals surface area contributed by atoms with Crippen LogP contribution in [0.4, 0.5) is 10.6 Å². The van der Waals surface area contributed by atoms with Crippen molar-refractivity contribution in [3.8, 4) is 0 Å². The summed E-state index contributed by atoms with van der Waals surface area (Å²) in [6, 6.07) is 3.54. The van der Waals surface area contributed by atoms with Crippen molar-refractivity contribution in [1.29, 1.82) is 0 Å². The molecule has 0 aliphatic carbocycles. The number of ether oxygens (including phenoxy) is 1. The Kier molecular flexibility index (Phi) is 3.60. The minimum absolute atomic E-state index is 0.268. The summed E-state index contributed by atoms with van der Waals surface area (Å²) >= 11 is 0. The Bertz CT molecular complexity index is 505. The Balaban J connectivity index is 1.89. The number of nitrogen functional groups attached to an aromatic ring is 1. The molecule has 0 unspecified atom stereocenters. The second-order valence-electron chi connectivity index (χ2n) is 6.33. The van der Waals surface area contributed by atoms with Crippen LogP contribution >= 0.6 is 0 Å². The van der Waals surface area contributed by atoms with E-state index in [1.54, 1.807) is 12.3 Å². The normalized spacial score (nSPS) is 17.5. The lowest BCUT2D eigenvalue weighted by Gasteiger charge is -2.46. The van der Waals surface area contributed by atoms with Crippen molar-refractivity contribution in [3.05, 3.63) is 23.9 Å². The summed E-state index contributed by atoms with van der Waals surface area (Å²) in [5.41, 5.74) is 5.08. The molecule has 2 rings (SSSR count). The fourth-order valence-electron chi connectivity index (χ4n) is 2.22. The SMILES string of the molecule is CC(C)(C)OC(=O)N1CC(O)(Cc2ccnc(N)c2)C1. The number of β-amino-alcohol motifs (C(OH)–C–C–N with tert-alkyl or cyclic N) is 1. The molecule has 0 bridgehead atoms. The van der Waals surface area contributed by atoms with E-state index in [-0.39, 0.29) is 13.1 Å². The number of hydrogen-bond acceptors (Lipinski definition) is 5. The topological polar surface area (TPSA) is 88.7 Å². The van der Waals surface area contributed by atoms with E-state index in [0.717, 1.165) is 5.56 Å². The van der Waals surface area contributed by atoms with Gasteiger partial charge in [-0.15, -0.1) is 0 Å². The number of hydrogen-bond donors (Lipinski definition) is 2. The minimum atomic E-state index is -0.912. The van der Waals surface area contributed by atoms with Crippen LogP contribution in [0.3, 0.4) is 0 Å². The second-order valence-corrected chi connectivity index (χ2v) is 6.33. The van der Waals surface area contributed by atoms with Crippen LogP contribution in [0.5, 0.6) is 0 Å². The zero-order valence-corrected chi connectivity index (χ0v) is 12.1. The van der Waals surface area contributed by atoms with Crippen LogP contribution in [0.25, 0.3) is 0 Å². The zero-order chi connectivity index (χ0) is 15.0. The highest BCUT2D eigenvalue weighted by Crippen LogP contribution is 2.27. The molecule has 1 saturated heterocycles. The first kappa shape index (κ1) is 14.6. The van der Waals surface area contributed by atoms with E-state index in [0.29, 0.717) is 12.2 Å². The minimum Gasteiger partial charge on any atom is -0.444 e. The van der Waals surface area contributed by atoms with Crippen molar-refractivity contribution in [2.75, 3.05) is 18.8 Å². The van der Waals surface area contributed by atoms with Crippen molar-refractivity contribution in [1.82, 2.24) is 9.88 Å². The summed E-state index contributed by atoms with van der Waals surface area (Å²) in [7, 11) is 0. The van der Waals surface area contributed by atoms with E-state index in [1.807, 2.05) is 26.8 Å². The van der Waals surface area contributed by atoms with Gasteiger partial charge in [0.25, 0.3) is 0 Å². The number of aliphatic hydroxyl groups is 1. The van der Waals surface area contributed by atoms with Gasteiger partial charge >= 0.3 is 6.09 Å². The van der Waals surface area contributed by atoms with Crippen LogP contribution in [0.2, 0.25) is 0 Å². The molecule has 1 amide bonds. The van der Waals surface area contributed by atoms with Crippen LogP contribution in [-0.2, 0) is 11.2 Å². The summed E-state index contributed by atoms with van der Waals surface area (Å²) in [6.45, 7) is 5.98. The number of aromatic nitrogens is 1. The van der Waals surface area contributed by atoms with E-state index >= 15 is 0 Å². The molecule has 110 valence electrons. The number of carbonyl (C=O) groups is 1. The molecule has 1 fully saturated rings.